The summed E-state index contributed by atoms with van der Waals surface area (Å²) in [5.41, 5.74) is -1.24. The van der Waals surface area contributed by atoms with E-state index in [1.807, 2.05) is 0 Å². The first kappa shape index (κ1) is 14.8. The molecule has 6 nitrogen and oxygen atoms in total. The van der Waals surface area contributed by atoms with Gasteiger partial charge in [0.05, 0.1) is 15.6 Å². The summed E-state index contributed by atoms with van der Waals surface area (Å²) in [5, 5.41) is 8.82. The zero-order valence-electron chi connectivity index (χ0n) is 8.95. The Labute approximate surface area is 118 Å². The molecule has 0 aromatic rings. The average Bonchev–Trinajstić information content (AvgIpc) is 2.27. The van der Waals surface area contributed by atoms with Gasteiger partial charge < -0.3 is 9.84 Å². The molecule has 0 spiro atoms. The van der Waals surface area contributed by atoms with Crippen LogP contribution in [0.2, 0.25) is 0 Å². The van der Waals surface area contributed by atoms with Crippen LogP contribution < -0.4 is 0 Å². The largest absolute Gasteiger partial charge is 0.478 e. The summed E-state index contributed by atoms with van der Waals surface area (Å²) in [6.07, 6.45) is 0. The van der Waals surface area contributed by atoms with Crippen LogP contribution in [0.5, 0.6) is 0 Å². The van der Waals surface area contributed by atoms with E-state index in [0.29, 0.717) is 0 Å². The molecule has 0 heterocycles. The van der Waals surface area contributed by atoms with Gasteiger partial charge >= 0.3 is 11.9 Å². The van der Waals surface area contributed by atoms with Crippen molar-refractivity contribution < 1.29 is 29.0 Å². The minimum absolute atomic E-state index is 0.0250. The second-order valence-electron chi connectivity index (χ2n) is 3.06. The van der Waals surface area contributed by atoms with Crippen molar-refractivity contribution >= 4 is 55.4 Å². The Morgan fingerprint density at radius 1 is 1.11 bits per heavy atom. The Morgan fingerprint density at radius 3 is 2.00 bits per heavy atom. The highest BCUT2D eigenvalue weighted by Gasteiger charge is 2.39. The van der Waals surface area contributed by atoms with Gasteiger partial charge in [0, 0.05) is 0 Å². The van der Waals surface area contributed by atoms with Crippen LogP contribution >= 0.6 is 31.9 Å². The molecule has 1 N–H and O–H groups in total. The van der Waals surface area contributed by atoms with E-state index in [1.165, 1.54) is 6.92 Å². The van der Waals surface area contributed by atoms with Crippen LogP contribution in [0.1, 0.15) is 6.92 Å². The SMILES string of the molecule is CCOC(=O)C1=C(Br)C(=O)C(C(=O)O)=C(Br)C1=O. The van der Waals surface area contributed by atoms with E-state index in [-0.39, 0.29) is 6.61 Å². The van der Waals surface area contributed by atoms with E-state index >= 15 is 0 Å². The van der Waals surface area contributed by atoms with E-state index in [2.05, 4.69) is 36.6 Å². The lowest BCUT2D eigenvalue weighted by atomic mass is 9.97. The van der Waals surface area contributed by atoms with E-state index in [0.717, 1.165) is 0 Å². The smallest absolute Gasteiger partial charge is 0.343 e. The van der Waals surface area contributed by atoms with Crippen molar-refractivity contribution in [2.75, 3.05) is 6.61 Å². The van der Waals surface area contributed by atoms with Crippen molar-refractivity contribution in [3.05, 3.63) is 20.1 Å². The molecule has 1 aliphatic rings. The molecule has 0 saturated carbocycles. The molecule has 0 aliphatic heterocycles. The van der Waals surface area contributed by atoms with Crippen LogP contribution in [0, 0.1) is 0 Å². The molecule has 0 saturated heterocycles. The average molecular weight is 382 g/mol. The van der Waals surface area contributed by atoms with Crippen molar-refractivity contribution in [1.82, 2.24) is 0 Å². The maximum absolute atomic E-state index is 11.8. The summed E-state index contributed by atoms with van der Waals surface area (Å²) >= 11 is 5.47. The number of hydrogen-bond donors (Lipinski definition) is 1. The summed E-state index contributed by atoms with van der Waals surface area (Å²) in [7, 11) is 0. The van der Waals surface area contributed by atoms with Gasteiger partial charge in [-0.2, -0.15) is 0 Å². The second kappa shape index (κ2) is 5.57. The van der Waals surface area contributed by atoms with Crippen molar-refractivity contribution in [2.45, 2.75) is 6.92 Å². The predicted molar refractivity (Wildman–Crippen MR) is 66.2 cm³/mol. The van der Waals surface area contributed by atoms with Crippen molar-refractivity contribution in [3.8, 4) is 0 Å². The standard InChI is InChI=1S/C10H6Br2O6/c1-2-18-10(17)4-6(12)7(13)3(9(15)16)5(11)8(4)14/h2H2,1H3,(H,15,16). The van der Waals surface area contributed by atoms with E-state index in [4.69, 9.17) is 5.11 Å². The lowest BCUT2D eigenvalue weighted by molar-refractivity contribution is -0.141. The fourth-order valence-electron chi connectivity index (χ4n) is 1.22. The lowest BCUT2D eigenvalue weighted by Gasteiger charge is -2.14. The number of halogens is 2. The molecular formula is C10H6Br2O6. The predicted octanol–water partition coefficient (Wildman–Crippen LogP) is 1.08. The van der Waals surface area contributed by atoms with Crippen LogP contribution in [0.25, 0.3) is 0 Å². The summed E-state index contributed by atoms with van der Waals surface area (Å²) in [4.78, 5) is 45.9. The van der Waals surface area contributed by atoms with Gasteiger partial charge in [-0.3, -0.25) is 9.59 Å². The monoisotopic (exact) mass is 380 g/mol. The molecule has 0 aromatic carbocycles. The Morgan fingerprint density at radius 2 is 1.56 bits per heavy atom. The summed E-state index contributed by atoms with van der Waals surface area (Å²) < 4.78 is 3.75. The molecule has 18 heavy (non-hydrogen) atoms. The van der Waals surface area contributed by atoms with Gasteiger partial charge in [0.25, 0.3) is 0 Å². The molecule has 0 bridgehead atoms. The lowest BCUT2D eigenvalue weighted by Crippen LogP contribution is -2.28. The zero-order chi connectivity index (χ0) is 14.0. The fourth-order valence-corrected chi connectivity index (χ4v) is 2.31. The van der Waals surface area contributed by atoms with E-state index < -0.39 is 43.6 Å². The third-order valence-corrected chi connectivity index (χ3v) is 3.50. The second-order valence-corrected chi connectivity index (χ2v) is 4.65. The Hall–Kier alpha value is -1.28. The van der Waals surface area contributed by atoms with Gasteiger partial charge in [0.2, 0.25) is 11.6 Å². The van der Waals surface area contributed by atoms with Crippen LogP contribution in [0.4, 0.5) is 0 Å². The third kappa shape index (κ3) is 2.44. The summed E-state index contributed by atoms with van der Waals surface area (Å²) in [6.45, 7) is 1.56. The first-order valence-electron chi connectivity index (χ1n) is 4.62. The minimum Gasteiger partial charge on any atom is -0.478 e. The van der Waals surface area contributed by atoms with Gasteiger partial charge in [-0.1, -0.05) is 0 Å². The number of aliphatic carboxylic acids is 1. The summed E-state index contributed by atoms with van der Waals surface area (Å²) in [6, 6.07) is 0. The Kier molecular flexibility index (Phi) is 4.58. The molecule has 1 aliphatic carbocycles. The molecule has 8 heteroatoms. The van der Waals surface area contributed by atoms with Gasteiger partial charge in [-0.25, -0.2) is 9.59 Å². The van der Waals surface area contributed by atoms with Crippen LogP contribution in [0.3, 0.4) is 0 Å². The number of allylic oxidation sites excluding steroid dienone is 2. The molecule has 0 amide bonds. The normalized spacial score (nSPS) is 16.2. The number of esters is 1. The van der Waals surface area contributed by atoms with Gasteiger partial charge in [0.1, 0.15) is 11.1 Å². The van der Waals surface area contributed by atoms with Gasteiger partial charge in [-0.05, 0) is 38.8 Å². The van der Waals surface area contributed by atoms with Gasteiger partial charge in [-0.15, -0.1) is 0 Å². The first-order chi connectivity index (χ1) is 8.32. The van der Waals surface area contributed by atoms with E-state index in [9.17, 15) is 19.2 Å². The Balaban J connectivity index is 3.35. The molecule has 0 atom stereocenters. The molecule has 1 rings (SSSR count). The number of carbonyl (C=O) groups is 4. The molecule has 0 aromatic heterocycles. The quantitative estimate of drug-likeness (QED) is 0.446. The van der Waals surface area contributed by atoms with Crippen molar-refractivity contribution in [2.24, 2.45) is 0 Å². The maximum atomic E-state index is 11.8. The van der Waals surface area contributed by atoms with Crippen LogP contribution in [0.15, 0.2) is 20.1 Å². The highest BCUT2D eigenvalue weighted by atomic mass is 79.9. The molecule has 0 fully saturated rings. The number of Topliss-reactive ketones (excluding diaryl/α,β-unsaturated/α-hetero) is 2. The van der Waals surface area contributed by atoms with Crippen LogP contribution in [-0.4, -0.2) is 35.2 Å². The molecule has 96 valence electrons. The number of ketones is 2. The summed E-state index contributed by atoms with van der Waals surface area (Å²) in [5.74, 6) is -4.40. The first-order valence-corrected chi connectivity index (χ1v) is 6.20. The van der Waals surface area contributed by atoms with E-state index in [1.54, 1.807) is 0 Å². The maximum Gasteiger partial charge on any atom is 0.343 e. The molecule has 0 unspecified atom stereocenters. The highest BCUT2D eigenvalue weighted by Crippen LogP contribution is 2.32. The molecule has 0 radical (unpaired) electrons. The third-order valence-electron chi connectivity index (χ3n) is 1.99. The number of carboxylic acid groups (broad SMARTS) is 1. The highest BCUT2D eigenvalue weighted by molar-refractivity contribution is 9.12. The minimum atomic E-state index is -1.56. The fraction of sp³-hybridized carbons (Fsp3) is 0.200. The number of rotatable bonds is 3. The van der Waals surface area contributed by atoms with Gasteiger partial charge in [0.15, 0.2) is 0 Å². The molecular weight excluding hydrogens is 376 g/mol. The number of carboxylic acids is 1. The Bertz CT molecular complexity index is 528. The number of ether oxygens (including phenoxy) is 1. The number of carbonyl (C=O) groups excluding carboxylic acids is 3. The zero-order valence-corrected chi connectivity index (χ0v) is 12.1. The van der Waals surface area contributed by atoms with Crippen LogP contribution in [-0.2, 0) is 23.9 Å². The van der Waals surface area contributed by atoms with Crippen molar-refractivity contribution in [1.29, 1.82) is 0 Å². The number of hydrogen-bond acceptors (Lipinski definition) is 5. The topological polar surface area (TPSA) is 97.7 Å². The van der Waals surface area contributed by atoms with Crippen molar-refractivity contribution in [3.63, 3.8) is 0 Å².